The first kappa shape index (κ1) is 14.2. The van der Waals surface area contributed by atoms with Gasteiger partial charge in [-0.2, -0.15) is 0 Å². The number of carbonyl (C=O) groups is 1. The highest BCUT2D eigenvalue weighted by Gasteiger charge is 2.19. The van der Waals surface area contributed by atoms with E-state index in [9.17, 15) is 9.59 Å². The molecule has 0 aliphatic heterocycles. The van der Waals surface area contributed by atoms with Gasteiger partial charge >= 0.3 is 5.91 Å². The van der Waals surface area contributed by atoms with Crippen molar-refractivity contribution in [1.82, 2.24) is 10.4 Å². The van der Waals surface area contributed by atoms with Crippen LogP contribution in [0.25, 0.3) is 0 Å². The predicted octanol–water partition coefficient (Wildman–Crippen LogP) is 1.03. The fourth-order valence-corrected chi connectivity index (χ4v) is 1.27. The lowest BCUT2D eigenvalue weighted by Crippen LogP contribution is -2.36. The molecule has 0 saturated carbocycles. The van der Waals surface area contributed by atoms with Crippen LogP contribution in [0.1, 0.15) is 30.3 Å². The number of hydrazine groups is 1. The van der Waals surface area contributed by atoms with E-state index < -0.39 is 5.91 Å². The van der Waals surface area contributed by atoms with Crippen molar-refractivity contribution in [2.45, 2.75) is 19.8 Å². The lowest BCUT2D eigenvalue weighted by Gasteiger charge is -2.13. The Morgan fingerprint density at radius 3 is 2.83 bits per heavy atom. The topological polar surface area (TPSA) is 71.8 Å². The maximum Gasteiger partial charge on any atom is 0.305 e. The number of nitrogens with one attached hydrogen (secondary N) is 1. The molecule has 0 saturated heterocycles. The molecule has 0 atom stereocenters. The van der Waals surface area contributed by atoms with Crippen LogP contribution in [0.2, 0.25) is 0 Å². The number of unbranched alkanes of at least 4 members (excludes halogenated alkanes) is 1. The Kier molecular flexibility index (Phi) is 5.38. The zero-order valence-electron chi connectivity index (χ0n) is 10.9. The Morgan fingerprint density at radius 1 is 1.50 bits per heavy atom. The van der Waals surface area contributed by atoms with Crippen LogP contribution in [0.4, 0.5) is 0 Å². The van der Waals surface area contributed by atoms with E-state index in [1.54, 1.807) is 14.1 Å². The van der Waals surface area contributed by atoms with Gasteiger partial charge in [-0.05, 0) is 6.42 Å². The second kappa shape index (κ2) is 6.80. The average Bonchev–Trinajstić information content (AvgIpc) is 2.30. The summed E-state index contributed by atoms with van der Waals surface area (Å²) in [6.07, 6.45) is 2.93. The second-order valence-electron chi connectivity index (χ2n) is 3.98. The maximum atomic E-state index is 11.8. The molecule has 0 unspecified atom stereocenters. The van der Waals surface area contributed by atoms with Gasteiger partial charge in [0.1, 0.15) is 0 Å². The summed E-state index contributed by atoms with van der Waals surface area (Å²) >= 11 is 0. The molecule has 0 fully saturated rings. The van der Waals surface area contributed by atoms with Crippen molar-refractivity contribution in [3.8, 4) is 5.75 Å². The van der Waals surface area contributed by atoms with Crippen LogP contribution in [0, 0.1) is 0 Å². The van der Waals surface area contributed by atoms with Gasteiger partial charge in [0.25, 0.3) is 0 Å². The van der Waals surface area contributed by atoms with Crippen LogP contribution >= 0.6 is 0 Å². The minimum atomic E-state index is -0.510. The van der Waals surface area contributed by atoms with E-state index in [-0.39, 0.29) is 16.9 Å². The minimum absolute atomic E-state index is 0.0368. The largest absolute Gasteiger partial charge is 0.486 e. The number of amides is 1. The maximum absolute atomic E-state index is 11.8. The van der Waals surface area contributed by atoms with Crippen LogP contribution < -0.4 is 15.6 Å². The van der Waals surface area contributed by atoms with Gasteiger partial charge < -0.3 is 9.15 Å². The van der Waals surface area contributed by atoms with Crippen molar-refractivity contribution in [2.24, 2.45) is 0 Å². The van der Waals surface area contributed by atoms with E-state index in [0.29, 0.717) is 6.61 Å². The molecule has 0 spiro atoms. The van der Waals surface area contributed by atoms with Gasteiger partial charge in [-0.15, -0.1) is 0 Å². The third-order valence-corrected chi connectivity index (χ3v) is 2.11. The van der Waals surface area contributed by atoms with Gasteiger partial charge in [0, 0.05) is 20.2 Å². The fourth-order valence-electron chi connectivity index (χ4n) is 1.27. The number of nitrogens with zero attached hydrogens (tertiary/aromatic N) is 1. The first-order valence-corrected chi connectivity index (χ1v) is 5.79. The molecular weight excluding hydrogens is 236 g/mol. The first-order valence-electron chi connectivity index (χ1n) is 5.79. The molecule has 6 nitrogen and oxygen atoms in total. The van der Waals surface area contributed by atoms with Crippen molar-refractivity contribution < 1.29 is 13.9 Å². The third-order valence-electron chi connectivity index (χ3n) is 2.11. The summed E-state index contributed by atoms with van der Waals surface area (Å²) in [6, 6.07) is 1.23. The minimum Gasteiger partial charge on any atom is -0.486 e. The van der Waals surface area contributed by atoms with E-state index in [2.05, 4.69) is 5.43 Å². The van der Waals surface area contributed by atoms with E-state index >= 15 is 0 Å². The first-order chi connectivity index (χ1) is 8.56. The molecule has 1 rings (SSSR count). The monoisotopic (exact) mass is 254 g/mol. The molecule has 100 valence electrons. The molecule has 1 amide bonds. The van der Waals surface area contributed by atoms with Crippen molar-refractivity contribution in [3.63, 3.8) is 0 Å². The SMILES string of the molecule is CCCCOc1c(C(=O)NN(C)C)occc1=O. The van der Waals surface area contributed by atoms with E-state index in [1.807, 2.05) is 6.92 Å². The summed E-state index contributed by atoms with van der Waals surface area (Å²) in [5.41, 5.74) is 2.14. The van der Waals surface area contributed by atoms with Crippen LogP contribution in [-0.4, -0.2) is 31.6 Å². The van der Waals surface area contributed by atoms with E-state index in [4.69, 9.17) is 9.15 Å². The van der Waals surface area contributed by atoms with Crippen LogP contribution in [-0.2, 0) is 0 Å². The normalized spacial score (nSPS) is 10.4. The smallest absolute Gasteiger partial charge is 0.305 e. The third kappa shape index (κ3) is 3.89. The number of carbonyl (C=O) groups excluding carboxylic acids is 1. The molecule has 0 bridgehead atoms. The molecule has 1 aromatic heterocycles. The van der Waals surface area contributed by atoms with Gasteiger partial charge in [-0.3, -0.25) is 15.0 Å². The van der Waals surface area contributed by atoms with Gasteiger partial charge in [0.05, 0.1) is 12.9 Å². The predicted molar refractivity (Wildman–Crippen MR) is 66.5 cm³/mol. The summed E-state index contributed by atoms with van der Waals surface area (Å²) < 4.78 is 10.4. The van der Waals surface area contributed by atoms with Crippen LogP contribution in [0.3, 0.4) is 0 Å². The summed E-state index contributed by atoms with van der Waals surface area (Å²) in [5, 5.41) is 1.46. The van der Waals surface area contributed by atoms with Crippen molar-refractivity contribution in [1.29, 1.82) is 0 Å². The highest BCUT2D eigenvalue weighted by atomic mass is 16.5. The Balaban J connectivity index is 2.92. The summed E-state index contributed by atoms with van der Waals surface area (Å²) in [7, 11) is 3.33. The zero-order chi connectivity index (χ0) is 13.5. The Labute approximate surface area is 106 Å². The second-order valence-corrected chi connectivity index (χ2v) is 3.98. The fraction of sp³-hybridized carbons (Fsp3) is 0.500. The molecule has 0 aliphatic rings. The van der Waals surface area contributed by atoms with Gasteiger partial charge in [0.15, 0.2) is 0 Å². The molecule has 0 aliphatic carbocycles. The van der Waals surface area contributed by atoms with Gasteiger partial charge in [-0.1, -0.05) is 13.3 Å². The molecule has 6 heteroatoms. The van der Waals surface area contributed by atoms with Gasteiger partial charge in [-0.25, -0.2) is 5.01 Å². The van der Waals surface area contributed by atoms with Crippen molar-refractivity contribution >= 4 is 5.91 Å². The number of ether oxygens (including phenoxy) is 1. The van der Waals surface area contributed by atoms with Crippen LogP contribution in [0.5, 0.6) is 5.75 Å². The van der Waals surface area contributed by atoms with E-state index in [1.165, 1.54) is 17.3 Å². The zero-order valence-corrected chi connectivity index (χ0v) is 10.9. The van der Waals surface area contributed by atoms with Crippen molar-refractivity contribution in [3.05, 3.63) is 28.3 Å². The Bertz CT molecular complexity index is 454. The molecule has 18 heavy (non-hydrogen) atoms. The molecule has 1 N–H and O–H groups in total. The molecule has 1 heterocycles. The number of hydrogen-bond acceptors (Lipinski definition) is 5. The molecule has 0 radical (unpaired) electrons. The Morgan fingerprint density at radius 2 is 2.22 bits per heavy atom. The lowest BCUT2D eigenvalue weighted by molar-refractivity contribution is 0.0817. The van der Waals surface area contributed by atoms with Gasteiger partial charge in [0.2, 0.25) is 16.9 Å². The summed E-state index contributed by atoms with van der Waals surface area (Å²) in [5.74, 6) is -0.651. The lowest BCUT2D eigenvalue weighted by atomic mass is 10.3. The number of hydrogen-bond donors (Lipinski definition) is 1. The Hall–Kier alpha value is -1.82. The van der Waals surface area contributed by atoms with E-state index in [0.717, 1.165) is 12.8 Å². The number of rotatable bonds is 6. The standard InChI is InChI=1S/C12H18N2O4/c1-4-5-7-17-10-9(15)6-8-18-11(10)12(16)13-14(2)3/h6,8H,4-5,7H2,1-3H3,(H,13,16). The summed E-state index contributed by atoms with van der Waals surface area (Å²) in [6.45, 7) is 2.39. The molecule has 0 aromatic carbocycles. The molecular formula is C12H18N2O4. The quantitative estimate of drug-likeness (QED) is 0.606. The van der Waals surface area contributed by atoms with Crippen LogP contribution in [0.15, 0.2) is 21.5 Å². The average molecular weight is 254 g/mol. The highest BCUT2D eigenvalue weighted by molar-refractivity contribution is 5.93. The highest BCUT2D eigenvalue weighted by Crippen LogP contribution is 2.13. The van der Waals surface area contributed by atoms with Crippen molar-refractivity contribution in [2.75, 3.05) is 20.7 Å². The molecule has 1 aromatic rings. The summed E-state index contributed by atoms with van der Waals surface area (Å²) in [4.78, 5) is 23.4.